The Bertz CT molecular complexity index is 477. The first kappa shape index (κ1) is 14.6. The number of carbonyl (C=O) groups is 1. The summed E-state index contributed by atoms with van der Waals surface area (Å²) in [7, 11) is 1.84. The number of anilines is 2. The predicted octanol–water partition coefficient (Wildman–Crippen LogP) is 1.14. The third-order valence-electron chi connectivity index (χ3n) is 3.58. The average molecular weight is 277 g/mol. The van der Waals surface area contributed by atoms with Crippen LogP contribution in [0.25, 0.3) is 0 Å². The van der Waals surface area contributed by atoms with Crippen LogP contribution < -0.4 is 10.2 Å². The highest BCUT2D eigenvalue weighted by Crippen LogP contribution is 2.25. The average Bonchev–Trinajstić information content (AvgIpc) is 2.47. The Hall–Kier alpha value is -1.85. The zero-order chi connectivity index (χ0) is 14.5. The molecule has 0 aromatic carbocycles. The van der Waals surface area contributed by atoms with E-state index in [1.165, 1.54) is 0 Å². The largest absolute Gasteiger partial charge is 0.370 e. The first-order valence-corrected chi connectivity index (χ1v) is 7.24. The van der Waals surface area contributed by atoms with Gasteiger partial charge in [0, 0.05) is 32.2 Å². The minimum Gasteiger partial charge on any atom is -0.370 e. The van der Waals surface area contributed by atoms with Crippen molar-refractivity contribution in [3.05, 3.63) is 11.9 Å². The van der Waals surface area contributed by atoms with Crippen LogP contribution in [0.4, 0.5) is 11.6 Å². The minimum absolute atomic E-state index is 0.139. The van der Waals surface area contributed by atoms with Crippen molar-refractivity contribution in [2.24, 2.45) is 0 Å². The monoisotopic (exact) mass is 277 g/mol. The quantitative estimate of drug-likeness (QED) is 0.874. The summed E-state index contributed by atoms with van der Waals surface area (Å²) >= 11 is 0. The lowest BCUT2D eigenvalue weighted by atomic mass is 10.2. The van der Waals surface area contributed by atoms with Crippen molar-refractivity contribution in [2.75, 3.05) is 43.4 Å². The van der Waals surface area contributed by atoms with Gasteiger partial charge in [-0.2, -0.15) is 0 Å². The van der Waals surface area contributed by atoms with E-state index in [1.54, 1.807) is 11.2 Å². The van der Waals surface area contributed by atoms with E-state index in [-0.39, 0.29) is 5.91 Å². The van der Waals surface area contributed by atoms with Crippen LogP contribution in [0.3, 0.4) is 0 Å². The van der Waals surface area contributed by atoms with Crippen LogP contribution in [0, 0.1) is 0 Å². The molecule has 1 aliphatic heterocycles. The summed E-state index contributed by atoms with van der Waals surface area (Å²) < 4.78 is 0. The molecule has 0 bridgehead atoms. The number of carbonyl (C=O) groups excluding carboxylic acids is 1. The highest BCUT2D eigenvalue weighted by molar-refractivity contribution is 5.82. The van der Waals surface area contributed by atoms with Crippen LogP contribution in [0.1, 0.15) is 25.8 Å². The van der Waals surface area contributed by atoms with Gasteiger partial charge in [-0.15, -0.1) is 0 Å². The molecule has 1 aromatic heterocycles. The Kier molecular flexibility index (Phi) is 4.76. The number of nitrogens with one attached hydrogen (secondary N) is 1. The Morgan fingerprint density at radius 2 is 2.10 bits per heavy atom. The molecular formula is C14H23N5O. The summed E-state index contributed by atoms with van der Waals surface area (Å²) in [5, 5.41) is 3.34. The number of hydrogen-bond acceptors (Lipinski definition) is 5. The second-order valence-corrected chi connectivity index (χ2v) is 5.04. The maximum atomic E-state index is 11.9. The van der Waals surface area contributed by atoms with Crippen LogP contribution in [0.2, 0.25) is 0 Å². The zero-order valence-corrected chi connectivity index (χ0v) is 12.5. The van der Waals surface area contributed by atoms with E-state index in [0.717, 1.165) is 49.7 Å². The molecule has 2 heterocycles. The molecule has 0 spiro atoms. The molecule has 0 radical (unpaired) electrons. The number of aromatic nitrogens is 2. The van der Waals surface area contributed by atoms with Gasteiger partial charge in [0.15, 0.2) is 0 Å². The molecule has 0 aliphatic carbocycles. The highest BCUT2D eigenvalue weighted by Gasteiger charge is 2.24. The molecule has 6 heteroatoms. The summed E-state index contributed by atoms with van der Waals surface area (Å²) in [6.45, 7) is 7.07. The second-order valence-electron chi connectivity index (χ2n) is 5.04. The molecule has 20 heavy (non-hydrogen) atoms. The number of hydrogen-bond donors (Lipinski definition) is 1. The summed E-state index contributed by atoms with van der Waals surface area (Å²) in [5.74, 6) is 1.92. The Balaban J connectivity index is 2.24. The molecule has 1 saturated heterocycles. The highest BCUT2D eigenvalue weighted by atomic mass is 16.2. The number of rotatable bonds is 5. The summed E-state index contributed by atoms with van der Waals surface area (Å²) in [6.07, 6.45) is 3.48. The van der Waals surface area contributed by atoms with E-state index >= 15 is 0 Å². The zero-order valence-electron chi connectivity index (χ0n) is 12.5. The first-order valence-electron chi connectivity index (χ1n) is 7.24. The standard InChI is InChI=1S/C14H23N5O/c1-4-6-15-13-11(5-2)14(17-10-16-13)19-8-7-18(3)12(20)9-19/h10H,4-9H2,1-3H3,(H,15,16,17). The van der Waals surface area contributed by atoms with Crippen molar-refractivity contribution in [3.8, 4) is 0 Å². The van der Waals surface area contributed by atoms with Crippen LogP contribution in [-0.4, -0.2) is 54.0 Å². The lowest BCUT2D eigenvalue weighted by molar-refractivity contribution is -0.129. The molecule has 110 valence electrons. The Morgan fingerprint density at radius 3 is 2.75 bits per heavy atom. The summed E-state index contributed by atoms with van der Waals surface area (Å²) in [6, 6.07) is 0. The molecule has 0 saturated carbocycles. The lowest BCUT2D eigenvalue weighted by Crippen LogP contribution is -2.49. The maximum absolute atomic E-state index is 11.9. The van der Waals surface area contributed by atoms with Crippen LogP contribution in [-0.2, 0) is 11.2 Å². The van der Waals surface area contributed by atoms with Crippen LogP contribution in [0.15, 0.2) is 6.33 Å². The molecule has 6 nitrogen and oxygen atoms in total. The fourth-order valence-electron chi connectivity index (χ4n) is 2.34. The summed E-state index contributed by atoms with van der Waals surface area (Å²) in [4.78, 5) is 24.4. The van der Waals surface area contributed by atoms with E-state index in [9.17, 15) is 4.79 Å². The SMILES string of the molecule is CCCNc1ncnc(N2CCN(C)C(=O)C2)c1CC. The van der Waals surface area contributed by atoms with Crippen molar-refractivity contribution in [3.63, 3.8) is 0 Å². The number of likely N-dealkylation sites (N-methyl/N-ethyl adjacent to an activating group) is 1. The van der Waals surface area contributed by atoms with Crippen LogP contribution >= 0.6 is 0 Å². The van der Waals surface area contributed by atoms with Gasteiger partial charge in [0.05, 0.1) is 6.54 Å². The van der Waals surface area contributed by atoms with Crippen molar-refractivity contribution in [2.45, 2.75) is 26.7 Å². The van der Waals surface area contributed by atoms with Gasteiger partial charge in [0.2, 0.25) is 5.91 Å². The third kappa shape index (κ3) is 3.00. The lowest BCUT2D eigenvalue weighted by Gasteiger charge is -2.33. The molecule has 1 N–H and O–H groups in total. The topological polar surface area (TPSA) is 61.4 Å². The molecule has 1 aliphatic rings. The van der Waals surface area contributed by atoms with Gasteiger partial charge in [-0.25, -0.2) is 9.97 Å². The Morgan fingerprint density at radius 1 is 1.30 bits per heavy atom. The molecular weight excluding hydrogens is 254 g/mol. The van der Waals surface area contributed by atoms with Gasteiger partial charge in [-0.05, 0) is 12.8 Å². The molecule has 2 rings (SSSR count). The van der Waals surface area contributed by atoms with Crippen molar-refractivity contribution >= 4 is 17.5 Å². The van der Waals surface area contributed by atoms with Gasteiger partial charge in [0.25, 0.3) is 0 Å². The minimum atomic E-state index is 0.139. The van der Waals surface area contributed by atoms with Crippen molar-refractivity contribution in [1.82, 2.24) is 14.9 Å². The second kappa shape index (κ2) is 6.54. The van der Waals surface area contributed by atoms with Crippen molar-refractivity contribution < 1.29 is 4.79 Å². The third-order valence-corrected chi connectivity index (χ3v) is 3.58. The van der Waals surface area contributed by atoms with Gasteiger partial charge < -0.3 is 15.1 Å². The molecule has 0 unspecified atom stereocenters. The fourth-order valence-corrected chi connectivity index (χ4v) is 2.34. The summed E-state index contributed by atoms with van der Waals surface area (Å²) in [5.41, 5.74) is 1.10. The normalized spacial score (nSPS) is 15.7. The van der Waals surface area contributed by atoms with Crippen LogP contribution in [0.5, 0.6) is 0 Å². The number of amides is 1. The van der Waals surface area contributed by atoms with Gasteiger partial charge in [0.1, 0.15) is 18.0 Å². The van der Waals surface area contributed by atoms with E-state index < -0.39 is 0 Å². The van der Waals surface area contributed by atoms with Gasteiger partial charge in [-0.1, -0.05) is 13.8 Å². The molecule has 1 aromatic rings. The predicted molar refractivity (Wildman–Crippen MR) is 80.0 cm³/mol. The van der Waals surface area contributed by atoms with Gasteiger partial charge >= 0.3 is 0 Å². The molecule has 0 atom stereocenters. The van der Waals surface area contributed by atoms with E-state index in [0.29, 0.717) is 6.54 Å². The fraction of sp³-hybridized carbons (Fsp3) is 0.643. The van der Waals surface area contributed by atoms with Crippen molar-refractivity contribution in [1.29, 1.82) is 0 Å². The molecule has 1 fully saturated rings. The van der Waals surface area contributed by atoms with E-state index in [1.807, 2.05) is 7.05 Å². The smallest absolute Gasteiger partial charge is 0.241 e. The Labute approximate surface area is 120 Å². The number of piperazine rings is 1. The van der Waals surface area contributed by atoms with E-state index in [4.69, 9.17) is 0 Å². The maximum Gasteiger partial charge on any atom is 0.241 e. The first-order chi connectivity index (χ1) is 9.67. The number of nitrogens with zero attached hydrogens (tertiary/aromatic N) is 4. The van der Waals surface area contributed by atoms with E-state index in [2.05, 4.69) is 34.0 Å². The molecule has 1 amide bonds. The van der Waals surface area contributed by atoms with Gasteiger partial charge in [-0.3, -0.25) is 4.79 Å².